The maximum Gasteiger partial charge on any atom is 0.232 e. The smallest absolute Gasteiger partial charge is 0.232 e. The minimum Gasteiger partial charge on any atom is -0.355 e. The van der Waals surface area contributed by atoms with Crippen LogP contribution in [0.2, 0.25) is 0 Å². The van der Waals surface area contributed by atoms with E-state index in [1.807, 2.05) is 18.2 Å². The number of nitrogens with one attached hydrogen (secondary N) is 3. The van der Waals surface area contributed by atoms with Gasteiger partial charge in [-0.3, -0.25) is 14.7 Å². The van der Waals surface area contributed by atoms with E-state index >= 15 is 0 Å². The Morgan fingerprint density at radius 2 is 2.32 bits per heavy atom. The number of anilines is 1. The molecule has 1 fully saturated rings. The monoisotopic (exact) mass is 258 g/mol. The number of benzene rings is 1. The Morgan fingerprint density at radius 3 is 3.05 bits per heavy atom. The fourth-order valence-corrected chi connectivity index (χ4v) is 2.23. The second-order valence-electron chi connectivity index (χ2n) is 5.14. The minimum absolute atomic E-state index is 0.0818. The molecule has 1 aliphatic rings. The first kappa shape index (κ1) is 11.7. The standard InChI is InChI=1S/C13H14N4O2/c1-13(5-11(18)14-7-13)12(19)16-9-3-2-8-6-15-17-10(8)4-9/h2-4,6H,5,7H2,1H3,(H,14,18)(H,15,17)(H,16,19). The quantitative estimate of drug-likeness (QED) is 0.751. The SMILES string of the molecule is CC1(C(=O)Nc2ccc3cn[nH]c3c2)CNC(=O)C1. The van der Waals surface area contributed by atoms with Gasteiger partial charge in [0.2, 0.25) is 11.8 Å². The molecule has 1 aromatic heterocycles. The van der Waals surface area contributed by atoms with Crippen molar-refractivity contribution >= 4 is 28.4 Å². The lowest BCUT2D eigenvalue weighted by molar-refractivity contribution is -0.126. The maximum absolute atomic E-state index is 12.2. The molecule has 0 aliphatic carbocycles. The molecule has 2 heterocycles. The van der Waals surface area contributed by atoms with Crippen LogP contribution in [0.5, 0.6) is 0 Å². The second-order valence-corrected chi connectivity index (χ2v) is 5.14. The molecule has 1 aliphatic heterocycles. The molecule has 3 N–H and O–H groups in total. The zero-order valence-electron chi connectivity index (χ0n) is 10.5. The lowest BCUT2D eigenvalue weighted by atomic mass is 9.88. The van der Waals surface area contributed by atoms with Crippen molar-refractivity contribution in [3.63, 3.8) is 0 Å². The van der Waals surface area contributed by atoms with Gasteiger partial charge in [0, 0.05) is 24.0 Å². The average Bonchev–Trinajstić information content (AvgIpc) is 2.96. The summed E-state index contributed by atoms with van der Waals surface area (Å²) < 4.78 is 0. The molecule has 0 bridgehead atoms. The molecule has 3 rings (SSSR count). The third-order valence-electron chi connectivity index (χ3n) is 3.47. The van der Waals surface area contributed by atoms with Gasteiger partial charge in [0.1, 0.15) is 0 Å². The molecule has 0 spiro atoms. The van der Waals surface area contributed by atoms with Gasteiger partial charge in [-0.25, -0.2) is 0 Å². The minimum atomic E-state index is -0.681. The van der Waals surface area contributed by atoms with Gasteiger partial charge in [-0.1, -0.05) is 0 Å². The molecule has 1 aromatic carbocycles. The number of amides is 2. The Labute approximate surface area is 109 Å². The summed E-state index contributed by atoms with van der Waals surface area (Å²) in [6.45, 7) is 2.17. The summed E-state index contributed by atoms with van der Waals surface area (Å²) in [5.41, 5.74) is 0.880. The number of aromatic nitrogens is 2. The zero-order valence-corrected chi connectivity index (χ0v) is 10.5. The molecule has 1 saturated heterocycles. The third kappa shape index (κ3) is 2.05. The topological polar surface area (TPSA) is 86.9 Å². The largest absolute Gasteiger partial charge is 0.355 e. The van der Waals surface area contributed by atoms with Crippen molar-refractivity contribution in [1.29, 1.82) is 0 Å². The van der Waals surface area contributed by atoms with Gasteiger partial charge in [-0.15, -0.1) is 0 Å². The van der Waals surface area contributed by atoms with Crippen molar-refractivity contribution in [2.24, 2.45) is 5.41 Å². The van der Waals surface area contributed by atoms with E-state index in [4.69, 9.17) is 0 Å². The van der Waals surface area contributed by atoms with Gasteiger partial charge in [-0.05, 0) is 25.1 Å². The summed E-state index contributed by atoms with van der Waals surface area (Å²) in [7, 11) is 0. The number of hydrogen-bond donors (Lipinski definition) is 3. The Balaban J connectivity index is 1.80. The van der Waals surface area contributed by atoms with Crippen molar-refractivity contribution in [3.05, 3.63) is 24.4 Å². The van der Waals surface area contributed by atoms with Gasteiger partial charge >= 0.3 is 0 Å². The lowest BCUT2D eigenvalue weighted by Crippen LogP contribution is -2.35. The number of carbonyl (C=O) groups excluding carboxylic acids is 2. The van der Waals surface area contributed by atoms with Gasteiger partial charge in [0.15, 0.2) is 0 Å². The number of carbonyl (C=O) groups is 2. The Morgan fingerprint density at radius 1 is 1.47 bits per heavy atom. The van der Waals surface area contributed by atoms with Crippen molar-refractivity contribution in [1.82, 2.24) is 15.5 Å². The van der Waals surface area contributed by atoms with Crippen LogP contribution < -0.4 is 10.6 Å². The molecule has 2 aromatic rings. The van der Waals surface area contributed by atoms with Crippen molar-refractivity contribution in [2.75, 3.05) is 11.9 Å². The predicted octanol–water partition coefficient (Wildman–Crippen LogP) is 1.03. The summed E-state index contributed by atoms with van der Waals surface area (Å²) in [4.78, 5) is 23.5. The highest BCUT2D eigenvalue weighted by molar-refractivity contribution is 6.00. The summed E-state index contributed by atoms with van der Waals surface area (Å²) in [6.07, 6.45) is 1.95. The van der Waals surface area contributed by atoms with Gasteiger partial charge in [-0.2, -0.15) is 5.10 Å². The van der Waals surface area contributed by atoms with Crippen LogP contribution in [0.4, 0.5) is 5.69 Å². The molecule has 2 amide bonds. The van der Waals surface area contributed by atoms with Crippen molar-refractivity contribution < 1.29 is 9.59 Å². The number of nitrogens with zero attached hydrogens (tertiary/aromatic N) is 1. The predicted molar refractivity (Wildman–Crippen MR) is 70.5 cm³/mol. The maximum atomic E-state index is 12.2. The first-order valence-electron chi connectivity index (χ1n) is 6.08. The summed E-state index contributed by atoms with van der Waals surface area (Å²) in [5, 5.41) is 13.3. The van der Waals surface area contributed by atoms with Crippen LogP contribution in [0.25, 0.3) is 10.9 Å². The average molecular weight is 258 g/mol. The van der Waals surface area contributed by atoms with E-state index in [1.54, 1.807) is 13.1 Å². The van der Waals surface area contributed by atoms with E-state index in [0.29, 0.717) is 12.2 Å². The van der Waals surface area contributed by atoms with E-state index < -0.39 is 5.41 Å². The van der Waals surface area contributed by atoms with Gasteiger partial charge in [0.25, 0.3) is 0 Å². The Bertz CT molecular complexity index is 663. The Kier molecular flexibility index (Phi) is 2.51. The molecule has 0 saturated carbocycles. The van der Waals surface area contributed by atoms with Crippen LogP contribution >= 0.6 is 0 Å². The van der Waals surface area contributed by atoms with Crippen LogP contribution in [0, 0.1) is 5.41 Å². The number of rotatable bonds is 2. The van der Waals surface area contributed by atoms with Crippen LogP contribution in [0.3, 0.4) is 0 Å². The van der Waals surface area contributed by atoms with Crippen LogP contribution in [0.1, 0.15) is 13.3 Å². The fourth-order valence-electron chi connectivity index (χ4n) is 2.23. The van der Waals surface area contributed by atoms with E-state index in [-0.39, 0.29) is 18.2 Å². The number of fused-ring (bicyclic) bond motifs is 1. The van der Waals surface area contributed by atoms with E-state index in [1.165, 1.54) is 0 Å². The fraction of sp³-hybridized carbons (Fsp3) is 0.308. The highest BCUT2D eigenvalue weighted by Gasteiger charge is 2.40. The summed E-state index contributed by atoms with van der Waals surface area (Å²) in [5.74, 6) is -0.230. The molecule has 0 radical (unpaired) electrons. The van der Waals surface area contributed by atoms with Crippen LogP contribution in [0.15, 0.2) is 24.4 Å². The number of hydrogen-bond acceptors (Lipinski definition) is 3. The lowest BCUT2D eigenvalue weighted by Gasteiger charge is -2.20. The molecular formula is C13H14N4O2. The molecule has 98 valence electrons. The molecule has 1 atom stereocenters. The molecule has 6 nitrogen and oxygen atoms in total. The normalized spacial score (nSPS) is 22.5. The van der Waals surface area contributed by atoms with Crippen LogP contribution in [-0.4, -0.2) is 28.6 Å². The molecule has 19 heavy (non-hydrogen) atoms. The van der Waals surface area contributed by atoms with E-state index in [0.717, 1.165) is 10.9 Å². The van der Waals surface area contributed by atoms with E-state index in [9.17, 15) is 9.59 Å². The summed E-state index contributed by atoms with van der Waals surface area (Å²) >= 11 is 0. The number of aromatic amines is 1. The first-order chi connectivity index (χ1) is 9.07. The Hall–Kier alpha value is -2.37. The van der Waals surface area contributed by atoms with Crippen molar-refractivity contribution in [2.45, 2.75) is 13.3 Å². The third-order valence-corrected chi connectivity index (χ3v) is 3.47. The molecular weight excluding hydrogens is 244 g/mol. The highest BCUT2D eigenvalue weighted by Crippen LogP contribution is 2.27. The van der Waals surface area contributed by atoms with Gasteiger partial charge < -0.3 is 10.6 Å². The van der Waals surface area contributed by atoms with Crippen LogP contribution in [-0.2, 0) is 9.59 Å². The molecule has 6 heteroatoms. The van der Waals surface area contributed by atoms with Crippen molar-refractivity contribution in [3.8, 4) is 0 Å². The number of H-pyrrole nitrogens is 1. The first-order valence-corrected chi connectivity index (χ1v) is 6.08. The zero-order chi connectivity index (χ0) is 13.5. The van der Waals surface area contributed by atoms with Gasteiger partial charge in [0.05, 0.1) is 17.1 Å². The molecule has 1 unspecified atom stereocenters. The second kappa shape index (κ2) is 4.08. The summed E-state index contributed by atoms with van der Waals surface area (Å²) in [6, 6.07) is 5.53. The van der Waals surface area contributed by atoms with E-state index in [2.05, 4.69) is 20.8 Å². The highest BCUT2D eigenvalue weighted by atomic mass is 16.2.